The number of fused-ring (bicyclic) bond motifs is 1. The molecule has 1 unspecified atom stereocenters. The van der Waals surface area contributed by atoms with Crippen molar-refractivity contribution in [3.63, 3.8) is 0 Å². The number of benzene rings is 1. The third kappa shape index (κ3) is 2.51. The Hall–Kier alpha value is -2.37. The van der Waals surface area contributed by atoms with Gasteiger partial charge in [0.05, 0.1) is 0 Å². The quantitative estimate of drug-likeness (QED) is 0.902. The highest BCUT2D eigenvalue weighted by Crippen LogP contribution is 2.44. The van der Waals surface area contributed by atoms with Crippen LogP contribution in [0.4, 0.5) is 0 Å². The molecule has 4 rings (SSSR count). The van der Waals surface area contributed by atoms with Crippen molar-refractivity contribution in [2.75, 3.05) is 26.2 Å². The van der Waals surface area contributed by atoms with Crippen molar-refractivity contribution in [1.29, 1.82) is 0 Å². The molecule has 1 aliphatic carbocycles. The molecule has 2 aliphatic heterocycles. The van der Waals surface area contributed by atoms with Gasteiger partial charge >= 0.3 is 5.97 Å². The molecule has 0 aromatic heterocycles. The average Bonchev–Trinajstić information content (AvgIpc) is 3.08. The number of aliphatic carboxylic acids is 1. The van der Waals surface area contributed by atoms with Crippen LogP contribution in [0.2, 0.25) is 0 Å². The summed E-state index contributed by atoms with van der Waals surface area (Å²) >= 11 is 0. The molecule has 2 saturated heterocycles. The average molecular weight is 342 g/mol. The monoisotopic (exact) mass is 342 g/mol. The highest BCUT2D eigenvalue weighted by Gasteiger charge is 2.59. The number of hydrogen-bond donors (Lipinski definition) is 1. The van der Waals surface area contributed by atoms with Gasteiger partial charge in [0.15, 0.2) is 0 Å². The molecule has 1 aromatic carbocycles. The molecule has 1 saturated carbocycles. The maximum absolute atomic E-state index is 12.7. The number of nitrogens with zero attached hydrogens (tertiary/aromatic N) is 2. The number of carboxylic acids is 1. The maximum atomic E-state index is 12.7. The predicted octanol–water partition coefficient (Wildman–Crippen LogP) is 1.47. The summed E-state index contributed by atoms with van der Waals surface area (Å²) in [6, 6.07) is 8.94. The van der Waals surface area contributed by atoms with Crippen molar-refractivity contribution in [2.24, 2.45) is 17.3 Å². The number of rotatable bonds is 3. The Morgan fingerprint density at radius 2 is 1.64 bits per heavy atom. The number of hydrogen-bond acceptors (Lipinski definition) is 3. The third-order valence-electron chi connectivity index (χ3n) is 6.11. The predicted molar refractivity (Wildman–Crippen MR) is 89.8 cm³/mol. The van der Waals surface area contributed by atoms with E-state index in [9.17, 15) is 19.5 Å². The van der Waals surface area contributed by atoms with Crippen molar-refractivity contribution in [1.82, 2.24) is 9.80 Å². The van der Waals surface area contributed by atoms with Crippen LogP contribution in [0.3, 0.4) is 0 Å². The first-order valence-electron chi connectivity index (χ1n) is 8.88. The van der Waals surface area contributed by atoms with E-state index < -0.39 is 11.4 Å². The number of carbonyl (C=O) groups excluding carboxylic acids is 2. The van der Waals surface area contributed by atoms with Crippen molar-refractivity contribution in [3.8, 4) is 0 Å². The number of amides is 2. The summed E-state index contributed by atoms with van der Waals surface area (Å²) in [7, 11) is 0. The fourth-order valence-corrected chi connectivity index (χ4v) is 4.37. The zero-order valence-electron chi connectivity index (χ0n) is 14.1. The molecule has 0 radical (unpaired) electrons. The van der Waals surface area contributed by atoms with Crippen molar-refractivity contribution < 1.29 is 19.5 Å². The molecule has 0 bridgehead atoms. The number of carbonyl (C=O) groups is 3. The molecular formula is C19H22N2O4. The van der Waals surface area contributed by atoms with Crippen LogP contribution in [0, 0.1) is 17.3 Å². The largest absolute Gasteiger partial charge is 0.481 e. The van der Waals surface area contributed by atoms with E-state index in [1.165, 1.54) is 0 Å². The van der Waals surface area contributed by atoms with Gasteiger partial charge in [0.2, 0.25) is 5.91 Å². The minimum absolute atomic E-state index is 0.0757. The van der Waals surface area contributed by atoms with Gasteiger partial charge in [0, 0.05) is 43.6 Å². The van der Waals surface area contributed by atoms with Crippen LogP contribution in [0.25, 0.3) is 0 Å². The van der Waals surface area contributed by atoms with Gasteiger partial charge in [-0.1, -0.05) is 24.6 Å². The van der Waals surface area contributed by atoms with Crippen molar-refractivity contribution in [2.45, 2.75) is 19.3 Å². The Morgan fingerprint density at radius 3 is 2.20 bits per heavy atom. The van der Waals surface area contributed by atoms with Crippen LogP contribution in [-0.4, -0.2) is 58.9 Å². The second-order valence-electron chi connectivity index (χ2n) is 7.56. The van der Waals surface area contributed by atoms with Gasteiger partial charge in [-0.2, -0.15) is 0 Å². The molecule has 2 atom stereocenters. The zero-order chi connectivity index (χ0) is 17.6. The highest BCUT2D eigenvalue weighted by molar-refractivity contribution is 5.95. The Morgan fingerprint density at radius 1 is 1.00 bits per heavy atom. The van der Waals surface area contributed by atoms with Crippen LogP contribution in [-0.2, 0) is 9.59 Å². The molecular weight excluding hydrogens is 320 g/mol. The van der Waals surface area contributed by atoms with E-state index >= 15 is 0 Å². The van der Waals surface area contributed by atoms with Gasteiger partial charge in [-0.25, -0.2) is 0 Å². The smallest absolute Gasteiger partial charge is 0.313 e. The first kappa shape index (κ1) is 16.1. The molecule has 1 N–H and O–H groups in total. The lowest BCUT2D eigenvalue weighted by molar-refractivity contribution is -0.149. The van der Waals surface area contributed by atoms with Crippen molar-refractivity contribution in [3.05, 3.63) is 35.9 Å². The molecule has 25 heavy (non-hydrogen) atoms. The first-order chi connectivity index (χ1) is 12.0. The summed E-state index contributed by atoms with van der Waals surface area (Å²) < 4.78 is 0. The SMILES string of the molecule is O=C(c1ccccc1)N1CC2CN(C(=O)C3CCC3)C[C@@]2(C(=O)O)C1. The summed E-state index contributed by atoms with van der Waals surface area (Å²) in [6.45, 7) is 1.24. The van der Waals surface area contributed by atoms with E-state index in [1.807, 2.05) is 6.07 Å². The van der Waals surface area contributed by atoms with E-state index in [0.717, 1.165) is 19.3 Å². The van der Waals surface area contributed by atoms with E-state index in [2.05, 4.69) is 0 Å². The van der Waals surface area contributed by atoms with Gasteiger partial charge in [0.1, 0.15) is 5.41 Å². The third-order valence-corrected chi connectivity index (χ3v) is 6.11. The summed E-state index contributed by atoms with van der Waals surface area (Å²) in [6.07, 6.45) is 2.91. The molecule has 3 aliphatic rings. The van der Waals surface area contributed by atoms with Gasteiger partial charge in [0.25, 0.3) is 5.91 Å². The summed E-state index contributed by atoms with van der Waals surface area (Å²) in [4.78, 5) is 40.6. The molecule has 2 amide bonds. The molecule has 2 heterocycles. The Bertz CT molecular complexity index is 715. The van der Waals surface area contributed by atoms with E-state index in [4.69, 9.17) is 0 Å². The molecule has 3 fully saturated rings. The summed E-state index contributed by atoms with van der Waals surface area (Å²) in [5, 5.41) is 9.88. The van der Waals surface area contributed by atoms with Gasteiger partial charge in [-0.05, 0) is 25.0 Å². The van der Waals surface area contributed by atoms with Crippen molar-refractivity contribution >= 4 is 17.8 Å². The minimum atomic E-state index is -1.02. The fourth-order valence-electron chi connectivity index (χ4n) is 4.37. The topological polar surface area (TPSA) is 77.9 Å². The summed E-state index contributed by atoms with van der Waals surface area (Å²) in [5.41, 5.74) is -0.450. The van der Waals surface area contributed by atoms with Crippen LogP contribution in [0.5, 0.6) is 0 Å². The Labute approximate surface area is 146 Å². The summed E-state index contributed by atoms with van der Waals surface area (Å²) in [5.74, 6) is -1.05. The van der Waals surface area contributed by atoms with Crippen LogP contribution < -0.4 is 0 Å². The van der Waals surface area contributed by atoms with E-state index in [1.54, 1.807) is 34.1 Å². The lowest BCUT2D eigenvalue weighted by Crippen LogP contribution is -2.44. The molecule has 1 aromatic rings. The van der Waals surface area contributed by atoms with Gasteiger partial charge in [-0.15, -0.1) is 0 Å². The van der Waals surface area contributed by atoms with E-state index in [-0.39, 0.29) is 36.7 Å². The second kappa shape index (κ2) is 5.86. The molecule has 6 heteroatoms. The second-order valence-corrected chi connectivity index (χ2v) is 7.56. The van der Waals surface area contributed by atoms with E-state index in [0.29, 0.717) is 18.7 Å². The molecule has 0 spiro atoms. The zero-order valence-corrected chi connectivity index (χ0v) is 14.1. The Balaban J connectivity index is 1.52. The normalized spacial score (nSPS) is 28.6. The molecule has 132 valence electrons. The van der Waals surface area contributed by atoms with Gasteiger partial charge in [-0.3, -0.25) is 14.4 Å². The number of carboxylic acid groups (broad SMARTS) is 1. The van der Waals surface area contributed by atoms with Gasteiger partial charge < -0.3 is 14.9 Å². The van der Waals surface area contributed by atoms with Crippen LogP contribution in [0.15, 0.2) is 30.3 Å². The molecule has 6 nitrogen and oxygen atoms in total. The van der Waals surface area contributed by atoms with Crippen LogP contribution in [0.1, 0.15) is 29.6 Å². The maximum Gasteiger partial charge on any atom is 0.313 e. The minimum Gasteiger partial charge on any atom is -0.481 e. The Kier molecular flexibility index (Phi) is 3.78. The standard InChI is InChI=1S/C19H22N2O4/c22-16(13-5-2-1-3-6-13)20-9-15-10-21(17(23)14-7-4-8-14)12-19(15,11-20)18(24)25/h1-3,5-6,14-15H,4,7-12H2,(H,24,25)/t15?,19-/m0/s1. The lowest BCUT2D eigenvalue weighted by atomic mass is 9.81. The lowest BCUT2D eigenvalue weighted by Gasteiger charge is -2.31. The fraction of sp³-hybridized carbons (Fsp3) is 0.526. The number of likely N-dealkylation sites (tertiary alicyclic amines) is 2. The highest BCUT2D eigenvalue weighted by atomic mass is 16.4. The first-order valence-corrected chi connectivity index (χ1v) is 8.88. The van der Waals surface area contributed by atoms with Crippen LogP contribution >= 0.6 is 0 Å².